The average molecular weight is 551 g/mol. The molecule has 2 atom stereocenters. The van der Waals surface area contributed by atoms with Gasteiger partial charge in [-0.2, -0.15) is 5.26 Å². The van der Waals surface area contributed by atoms with E-state index in [1.54, 1.807) is 60.7 Å². The quantitative estimate of drug-likeness (QED) is 0.252. The number of hydrogen-bond donors (Lipinski definition) is 1. The van der Waals surface area contributed by atoms with Crippen LogP contribution in [0.25, 0.3) is 0 Å². The van der Waals surface area contributed by atoms with Crippen molar-refractivity contribution in [3.8, 4) is 34.8 Å². The molecule has 0 amide bonds. The van der Waals surface area contributed by atoms with E-state index in [2.05, 4.69) is 6.07 Å². The number of para-hydroxylation sites is 2. The summed E-state index contributed by atoms with van der Waals surface area (Å²) in [6.07, 6.45) is -0.937. The molecule has 2 aliphatic rings. The number of allylic oxidation sites excluding steroid dienone is 1. The lowest BCUT2D eigenvalue weighted by Crippen LogP contribution is -2.39. The van der Waals surface area contributed by atoms with Gasteiger partial charge in [0.1, 0.15) is 47.9 Å². The molecule has 4 aromatic rings. The van der Waals surface area contributed by atoms with Crippen molar-refractivity contribution in [2.24, 2.45) is 5.73 Å². The van der Waals surface area contributed by atoms with E-state index >= 15 is 0 Å². The number of rotatable bonds is 6. The number of benzene rings is 4. The third-order valence-corrected chi connectivity index (χ3v) is 6.71. The smallest absolute Gasteiger partial charge is 0.356 e. The summed E-state index contributed by atoms with van der Waals surface area (Å²) < 4.78 is 41.6. The maximum absolute atomic E-state index is 13.1. The van der Waals surface area contributed by atoms with Crippen LogP contribution in [0.2, 0.25) is 0 Å². The van der Waals surface area contributed by atoms with Crippen molar-refractivity contribution in [2.75, 3.05) is 6.61 Å². The number of carbonyl (C=O) groups excluding carboxylic acids is 1. The van der Waals surface area contributed by atoms with Crippen LogP contribution in [-0.4, -0.2) is 18.7 Å². The van der Waals surface area contributed by atoms with Gasteiger partial charge in [0, 0.05) is 11.6 Å². The molecule has 0 saturated heterocycles. The van der Waals surface area contributed by atoms with Crippen LogP contribution in [0.15, 0.2) is 102 Å². The molecule has 0 spiro atoms. The van der Waals surface area contributed by atoms with Gasteiger partial charge in [0.25, 0.3) is 0 Å². The summed E-state index contributed by atoms with van der Waals surface area (Å²) in [6.45, 7) is 0.298. The molecule has 2 unspecified atom stereocenters. The molecule has 0 saturated carbocycles. The Bertz CT molecular complexity index is 1680. The third kappa shape index (κ3) is 5.36. The van der Waals surface area contributed by atoms with Crippen LogP contribution in [0, 0.1) is 17.1 Å². The maximum atomic E-state index is 13.1. The Morgan fingerprint density at radius 3 is 2.44 bits per heavy atom. The first kappa shape index (κ1) is 25.8. The first-order valence-electron chi connectivity index (χ1n) is 12.8. The highest BCUT2D eigenvalue weighted by Crippen LogP contribution is 2.44. The Labute approximate surface area is 234 Å². The summed E-state index contributed by atoms with van der Waals surface area (Å²) in [4.78, 5) is 12.8. The number of halogens is 1. The summed E-state index contributed by atoms with van der Waals surface area (Å²) in [5.74, 6) is 0.756. The van der Waals surface area contributed by atoms with Crippen molar-refractivity contribution in [3.63, 3.8) is 0 Å². The van der Waals surface area contributed by atoms with Crippen LogP contribution in [0.1, 0.15) is 22.6 Å². The van der Waals surface area contributed by atoms with Crippen molar-refractivity contribution in [3.05, 3.63) is 125 Å². The summed E-state index contributed by atoms with van der Waals surface area (Å²) >= 11 is 0. The van der Waals surface area contributed by atoms with Gasteiger partial charge in [0.05, 0.1) is 5.92 Å². The van der Waals surface area contributed by atoms with E-state index in [1.807, 2.05) is 18.2 Å². The van der Waals surface area contributed by atoms with Crippen LogP contribution in [0.5, 0.6) is 28.7 Å². The zero-order valence-electron chi connectivity index (χ0n) is 21.6. The molecule has 0 aliphatic carbocycles. The van der Waals surface area contributed by atoms with E-state index in [-0.39, 0.29) is 36.2 Å². The van der Waals surface area contributed by atoms with Gasteiger partial charge in [-0.3, -0.25) is 0 Å². The number of nitriles is 1. The molecule has 2 N–H and O–H groups in total. The zero-order chi connectivity index (χ0) is 28.3. The van der Waals surface area contributed by atoms with Crippen LogP contribution in [0.3, 0.4) is 0 Å². The highest BCUT2D eigenvalue weighted by Gasteiger charge is 2.32. The van der Waals surface area contributed by atoms with Gasteiger partial charge in [0.15, 0.2) is 11.5 Å². The number of hydrogen-bond acceptors (Lipinski definition) is 8. The molecule has 204 valence electrons. The van der Waals surface area contributed by atoms with Crippen LogP contribution >= 0.6 is 0 Å². The zero-order valence-corrected chi connectivity index (χ0v) is 21.6. The molecule has 6 rings (SSSR count). The molecule has 0 radical (unpaired) electrons. The minimum atomic E-state index is -0.937. The number of nitrogens with zero attached hydrogens (tertiary/aromatic N) is 1. The predicted molar refractivity (Wildman–Crippen MR) is 145 cm³/mol. The van der Waals surface area contributed by atoms with Gasteiger partial charge in [0.2, 0.25) is 12.0 Å². The van der Waals surface area contributed by atoms with Crippen molar-refractivity contribution in [1.29, 1.82) is 5.26 Å². The number of ether oxygens (including phenoxy) is 5. The number of fused-ring (bicyclic) bond motifs is 2. The Morgan fingerprint density at radius 1 is 0.951 bits per heavy atom. The maximum Gasteiger partial charge on any atom is 0.356 e. The second-order valence-electron chi connectivity index (χ2n) is 9.39. The second kappa shape index (κ2) is 10.9. The predicted octanol–water partition coefficient (Wildman–Crippen LogP) is 5.37. The fourth-order valence-electron chi connectivity index (χ4n) is 4.66. The van der Waals surface area contributed by atoms with Crippen molar-refractivity contribution in [2.45, 2.75) is 18.6 Å². The van der Waals surface area contributed by atoms with Crippen LogP contribution < -0.4 is 29.4 Å². The van der Waals surface area contributed by atoms with E-state index in [4.69, 9.17) is 29.4 Å². The third-order valence-electron chi connectivity index (χ3n) is 6.71. The largest absolute Gasteiger partial charge is 0.489 e. The molecule has 4 aromatic carbocycles. The minimum absolute atomic E-state index is 0.0180. The Kier molecular flexibility index (Phi) is 6.88. The molecule has 2 heterocycles. The second-order valence-corrected chi connectivity index (χ2v) is 9.39. The molecular formula is C32H23FN2O6. The Morgan fingerprint density at radius 2 is 1.68 bits per heavy atom. The van der Waals surface area contributed by atoms with E-state index < -0.39 is 18.0 Å². The minimum Gasteiger partial charge on any atom is -0.489 e. The molecular weight excluding hydrogens is 527 g/mol. The molecule has 0 fully saturated rings. The first-order chi connectivity index (χ1) is 20.0. The Hall–Kier alpha value is -5.49. The number of esters is 1. The average Bonchev–Trinajstić information content (AvgIpc) is 3.00. The summed E-state index contributed by atoms with van der Waals surface area (Å²) in [5.41, 5.74) is 8.70. The van der Waals surface area contributed by atoms with Gasteiger partial charge in [-0.25, -0.2) is 9.18 Å². The van der Waals surface area contributed by atoms with Crippen LogP contribution in [-0.2, 0) is 11.4 Å². The monoisotopic (exact) mass is 550 g/mol. The summed E-state index contributed by atoms with van der Waals surface area (Å²) in [5, 5.41) is 9.88. The SMILES string of the molecule is N#CC1=C(N)Oc2cc(OC(=O)C3COc4ccccc4O3)ccc2C1c1ccc(OCc2ccc(F)cc2)cc1. The highest BCUT2D eigenvalue weighted by molar-refractivity contribution is 5.78. The fourth-order valence-corrected chi connectivity index (χ4v) is 4.66. The van der Waals surface area contributed by atoms with E-state index in [9.17, 15) is 14.4 Å². The van der Waals surface area contributed by atoms with Crippen molar-refractivity contribution >= 4 is 5.97 Å². The van der Waals surface area contributed by atoms with Gasteiger partial charge in [-0.1, -0.05) is 42.5 Å². The summed E-state index contributed by atoms with van der Waals surface area (Å²) in [7, 11) is 0. The van der Waals surface area contributed by atoms with Crippen LogP contribution in [0.4, 0.5) is 4.39 Å². The summed E-state index contributed by atoms with van der Waals surface area (Å²) in [6, 6.07) is 27.5. The topological polar surface area (TPSA) is 113 Å². The lowest BCUT2D eigenvalue weighted by atomic mass is 9.83. The lowest BCUT2D eigenvalue weighted by Gasteiger charge is -2.27. The van der Waals surface area contributed by atoms with E-state index in [0.29, 0.717) is 28.6 Å². The first-order valence-corrected chi connectivity index (χ1v) is 12.8. The van der Waals surface area contributed by atoms with E-state index in [1.165, 1.54) is 12.1 Å². The van der Waals surface area contributed by atoms with E-state index in [0.717, 1.165) is 11.1 Å². The van der Waals surface area contributed by atoms with Crippen molar-refractivity contribution in [1.82, 2.24) is 0 Å². The van der Waals surface area contributed by atoms with Crippen molar-refractivity contribution < 1.29 is 32.9 Å². The molecule has 2 aliphatic heterocycles. The molecule has 0 bridgehead atoms. The fraction of sp³-hybridized carbons (Fsp3) is 0.125. The lowest BCUT2D eigenvalue weighted by molar-refractivity contribution is -0.144. The van der Waals surface area contributed by atoms with Gasteiger partial charge < -0.3 is 29.4 Å². The van der Waals surface area contributed by atoms with Gasteiger partial charge in [-0.05, 0) is 53.6 Å². The van der Waals surface area contributed by atoms with Gasteiger partial charge in [-0.15, -0.1) is 0 Å². The Balaban J connectivity index is 1.19. The van der Waals surface area contributed by atoms with Gasteiger partial charge >= 0.3 is 5.97 Å². The number of nitrogens with two attached hydrogens (primary N) is 1. The molecule has 8 nitrogen and oxygen atoms in total. The molecule has 41 heavy (non-hydrogen) atoms. The molecule has 0 aromatic heterocycles. The number of carbonyl (C=O) groups is 1. The normalized spacial score (nSPS) is 17.1. The standard InChI is InChI=1S/C32H23FN2O6/c33-21-9-5-19(6-10-21)17-37-22-11-7-20(8-12-22)30-24-14-13-23(15-28(24)41-31(35)25(30)16-34)39-32(36)29-18-38-26-3-1-2-4-27(26)40-29/h1-15,29-30H,17-18,35H2. The highest BCUT2D eigenvalue weighted by atomic mass is 19.1. The molecule has 9 heteroatoms.